The summed E-state index contributed by atoms with van der Waals surface area (Å²) in [7, 11) is -3.94. The van der Waals surface area contributed by atoms with Crippen LogP contribution >= 0.6 is 11.6 Å². The second-order valence-electron chi connectivity index (χ2n) is 3.77. The zero-order chi connectivity index (χ0) is 14.6. The summed E-state index contributed by atoms with van der Waals surface area (Å²) in [5.41, 5.74) is 5.02. The van der Waals surface area contributed by atoms with Crippen LogP contribution in [0.25, 0.3) is 0 Å². The van der Waals surface area contributed by atoms with Crippen LogP contribution in [-0.4, -0.2) is 27.0 Å². The maximum absolute atomic E-state index is 12.1. The minimum absolute atomic E-state index is 0.130. The molecule has 0 radical (unpaired) electrons. The first-order valence-corrected chi connectivity index (χ1v) is 7.38. The Labute approximate surface area is 116 Å². The third kappa shape index (κ3) is 4.09. The van der Waals surface area contributed by atoms with Crippen molar-refractivity contribution in [3.8, 4) is 5.75 Å². The van der Waals surface area contributed by atoms with E-state index in [4.69, 9.17) is 22.1 Å². The van der Waals surface area contributed by atoms with E-state index in [-0.39, 0.29) is 15.7 Å². The zero-order valence-corrected chi connectivity index (χ0v) is 12.1. The number of carbonyl (C=O) groups is 1. The highest BCUT2D eigenvalue weighted by Crippen LogP contribution is 2.27. The number of nitrogens with one attached hydrogen (secondary N) is 1. The van der Waals surface area contributed by atoms with Gasteiger partial charge in [-0.15, -0.1) is 0 Å². The second kappa shape index (κ2) is 6.23. The van der Waals surface area contributed by atoms with Crippen molar-refractivity contribution < 1.29 is 17.9 Å². The summed E-state index contributed by atoms with van der Waals surface area (Å²) in [5.74, 6) is -0.611. The predicted octanol–water partition coefficient (Wildman–Crippen LogP) is 0.891. The molecule has 0 heterocycles. The predicted molar refractivity (Wildman–Crippen MR) is 71.6 cm³/mol. The molecule has 1 unspecified atom stereocenters. The van der Waals surface area contributed by atoms with Gasteiger partial charge in [0, 0.05) is 5.02 Å². The van der Waals surface area contributed by atoms with Crippen molar-refractivity contribution in [2.24, 2.45) is 5.73 Å². The lowest BCUT2D eigenvalue weighted by molar-refractivity contribution is -0.119. The highest BCUT2D eigenvalue weighted by Gasteiger charge is 2.24. The van der Waals surface area contributed by atoms with Crippen LogP contribution in [0.3, 0.4) is 0 Å². The molecule has 106 valence electrons. The molecule has 0 spiro atoms. The summed E-state index contributed by atoms with van der Waals surface area (Å²) in [5, 5.41) is 0.246. The van der Waals surface area contributed by atoms with Crippen LogP contribution in [0, 0.1) is 0 Å². The topological polar surface area (TPSA) is 98.5 Å². The average Bonchev–Trinajstić information content (AvgIpc) is 2.31. The number of halogens is 1. The van der Waals surface area contributed by atoms with Gasteiger partial charge in [0.25, 0.3) is 0 Å². The molecule has 19 heavy (non-hydrogen) atoms. The van der Waals surface area contributed by atoms with E-state index in [2.05, 4.69) is 4.72 Å². The molecule has 1 aromatic rings. The highest BCUT2D eigenvalue weighted by atomic mass is 35.5. The standard InChI is InChI=1S/C11H15ClN2O4S/c1-3-18-9-5-4-8(12)6-10(9)19(16,17)14-7(2)11(13)15/h4-7,14H,3H2,1-2H3,(H2,13,15). The SMILES string of the molecule is CCOc1ccc(Cl)cc1S(=O)(=O)NC(C)C(N)=O. The molecular formula is C11H15ClN2O4S. The third-order valence-electron chi connectivity index (χ3n) is 2.25. The van der Waals surface area contributed by atoms with Crippen molar-refractivity contribution >= 4 is 27.5 Å². The molecule has 1 aromatic carbocycles. The van der Waals surface area contributed by atoms with Gasteiger partial charge in [-0.3, -0.25) is 4.79 Å². The zero-order valence-electron chi connectivity index (χ0n) is 10.5. The quantitative estimate of drug-likeness (QED) is 0.815. The van der Waals surface area contributed by atoms with E-state index in [0.29, 0.717) is 6.61 Å². The number of benzene rings is 1. The van der Waals surface area contributed by atoms with E-state index in [0.717, 1.165) is 0 Å². The van der Waals surface area contributed by atoms with Gasteiger partial charge in [0.05, 0.1) is 12.6 Å². The molecule has 1 rings (SSSR count). The van der Waals surface area contributed by atoms with Gasteiger partial charge in [-0.25, -0.2) is 8.42 Å². The van der Waals surface area contributed by atoms with Gasteiger partial charge < -0.3 is 10.5 Å². The maximum atomic E-state index is 12.1. The van der Waals surface area contributed by atoms with Crippen LogP contribution in [0.15, 0.2) is 23.1 Å². The van der Waals surface area contributed by atoms with Crippen molar-refractivity contribution in [3.05, 3.63) is 23.2 Å². The Hall–Kier alpha value is -1.31. The van der Waals surface area contributed by atoms with Crippen molar-refractivity contribution in [2.45, 2.75) is 24.8 Å². The van der Waals surface area contributed by atoms with Crippen LogP contribution < -0.4 is 15.2 Å². The fourth-order valence-electron chi connectivity index (χ4n) is 1.32. The first-order chi connectivity index (χ1) is 8.77. The summed E-state index contributed by atoms with van der Waals surface area (Å²) in [6, 6.07) is 3.19. The summed E-state index contributed by atoms with van der Waals surface area (Å²) in [4.78, 5) is 10.8. The van der Waals surface area contributed by atoms with E-state index >= 15 is 0 Å². The Morgan fingerprint density at radius 1 is 1.53 bits per heavy atom. The van der Waals surface area contributed by atoms with E-state index < -0.39 is 22.0 Å². The van der Waals surface area contributed by atoms with Gasteiger partial charge in [-0.2, -0.15) is 4.72 Å². The van der Waals surface area contributed by atoms with Crippen molar-refractivity contribution in [3.63, 3.8) is 0 Å². The lowest BCUT2D eigenvalue weighted by Gasteiger charge is -2.14. The maximum Gasteiger partial charge on any atom is 0.245 e. The van der Waals surface area contributed by atoms with E-state index in [1.807, 2.05) is 0 Å². The third-order valence-corrected chi connectivity index (χ3v) is 4.05. The Balaban J connectivity index is 3.19. The summed E-state index contributed by atoms with van der Waals surface area (Å²) in [6.45, 7) is 3.38. The number of hydrogen-bond acceptors (Lipinski definition) is 4. The number of sulfonamides is 1. The van der Waals surface area contributed by atoms with Gasteiger partial charge in [0.1, 0.15) is 10.6 Å². The smallest absolute Gasteiger partial charge is 0.245 e. The second-order valence-corrected chi connectivity index (χ2v) is 5.89. The first-order valence-electron chi connectivity index (χ1n) is 5.52. The molecule has 0 aromatic heterocycles. The number of primary amides is 1. The van der Waals surface area contributed by atoms with Crippen molar-refractivity contribution in [1.29, 1.82) is 0 Å². The molecule has 0 saturated carbocycles. The Kier molecular flexibility index (Phi) is 5.16. The molecule has 0 aliphatic rings. The summed E-state index contributed by atoms with van der Waals surface area (Å²) in [6.07, 6.45) is 0. The van der Waals surface area contributed by atoms with Gasteiger partial charge in [0.15, 0.2) is 0 Å². The molecule has 8 heteroatoms. The van der Waals surface area contributed by atoms with Crippen LogP contribution in [0.4, 0.5) is 0 Å². The molecule has 0 bridgehead atoms. The number of ether oxygens (including phenoxy) is 1. The van der Waals surface area contributed by atoms with Crippen LogP contribution in [0.1, 0.15) is 13.8 Å². The van der Waals surface area contributed by atoms with Gasteiger partial charge in [-0.05, 0) is 32.0 Å². The van der Waals surface area contributed by atoms with Gasteiger partial charge in [0.2, 0.25) is 15.9 Å². The van der Waals surface area contributed by atoms with Gasteiger partial charge >= 0.3 is 0 Å². The molecule has 0 aliphatic carbocycles. The van der Waals surface area contributed by atoms with Crippen LogP contribution in [-0.2, 0) is 14.8 Å². The largest absolute Gasteiger partial charge is 0.492 e. The number of amides is 1. The van der Waals surface area contributed by atoms with Crippen LogP contribution in [0.5, 0.6) is 5.75 Å². The van der Waals surface area contributed by atoms with Crippen LogP contribution in [0.2, 0.25) is 5.02 Å². The molecule has 1 amide bonds. The lowest BCUT2D eigenvalue weighted by Crippen LogP contribution is -2.42. The first kappa shape index (κ1) is 15.7. The fourth-order valence-corrected chi connectivity index (χ4v) is 2.94. The highest BCUT2D eigenvalue weighted by molar-refractivity contribution is 7.89. The fraction of sp³-hybridized carbons (Fsp3) is 0.364. The molecule has 6 nitrogen and oxygen atoms in total. The Bertz CT molecular complexity index is 574. The molecule has 0 fully saturated rings. The van der Waals surface area contributed by atoms with Gasteiger partial charge in [-0.1, -0.05) is 11.6 Å². The van der Waals surface area contributed by atoms with Crippen molar-refractivity contribution in [2.75, 3.05) is 6.61 Å². The summed E-state index contributed by atoms with van der Waals surface area (Å²) >= 11 is 5.78. The van der Waals surface area contributed by atoms with E-state index in [1.54, 1.807) is 6.92 Å². The number of hydrogen-bond donors (Lipinski definition) is 2. The number of carbonyl (C=O) groups excluding carboxylic acids is 1. The Morgan fingerprint density at radius 3 is 2.68 bits per heavy atom. The Morgan fingerprint density at radius 2 is 2.16 bits per heavy atom. The van der Waals surface area contributed by atoms with Crippen molar-refractivity contribution in [1.82, 2.24) is 4.72 Å². The molecule has 0 aliphatic heterocycles. The minimum Gasteiger partial charge on any atom is -0.492 e. The van der Waals surface area contributed by atoms with E-state index in [9.17, 15) is 13.2 Å². The monoisotopic (exact) mass is 306 g/mol. The number of rotatable bonds is 6. The molecular weight excluding hydrogens is 292 g/mol. The summed E-state index contributed by atoms with van der Waals surface area (Å²) < 4.78 is 31.7. The lowest BCUT2D eigenvalue weighted by atomic mass is 10.3. The molecule has 0 saturated heterocycles. The average molecular weight is 307 g/mol. The number of nitrogens with two attached hydrogens (primary N) is 1. The normalized spacial score (nSPS) is 13.0. The minimum atomic E-state index is -3.94. The van der Waals surface area contributed by atoms with E-state index in [1.165, 1.54) is 25.1 Å². The molecule has 3 N–H and O–H groups in total. The molecule has 1 atom stereocenters.